The first-order chi connectivity index (χ1) is 40.7. The number of benzene rings is 3. The molecular formula is C60H71N13O10S. The van der Waals surface area contributed by atoms with E-state index in [1.807, 2.05) is 73.3 Å². The number of hydrogen-bond donors (Lipinski definition) is 9. The van der Waals surface area contributed by atoms with Gasteiger partial charge in [-0.3, -0.25) is 24.0 Å². The molecule has 0 spiro atoms. The summed E-state index contributed by atoms with van der Waals surface area (Å²) in [6.45, 7) is 6.55. The molecule has 0 unspecified atom stereocenters. The van der Waals surface area contributed by atoms with Crippen LogP contribution in [0.25, 0.3) is 17.2 Å². The molecule has 2 aliphatic heterocycles. The van der Waals surface area contributed by atoms with E-state index in [1.54, 1.807) is 48.7 Å². The highest BCUT2D eigenvalue weighted by Crippen LogP contribution is 2.44. The van der Waals surface area contributed by atoms with E-state index in [0.29, 0.717) is 95.0 Å². The number of piperidine rings is 1. The van der Waals surface area contributed by atoms with Gasteiger partial charge in [-0.15, -0.1) is 11.3 Å². The number of carbonyl (C=O) groups excluding carboxylic acids is 8. The van der Waals surface area contributed by atoms with Gasteiger partial charge in [0.05, 0.1) is 27.3 Å². The average Bonchev–Trinajstić information content (AvgIpc) is 2.46. The van der Waals surface area contributed by atoms with Crippen LogP contribution in [0.4, 0.5) is 37.3 Å². The van der Waals surface area contributed by atoms with Gasteiger partial charge in [-0.2, -0.15) is 0 Å². The largest absolute Gasteiger partial charge is 0.449 e. The van der Waals surface area contributed by atoms with Crippen molar-refractivity contribution in [3.63, 3.8) is 0 Å². The number of carbonyl (C=O) groups is 8. The predicted molar refractivity (Wildman–Crippen MR) is 321 cm³/mol. The lowest BCUT2D eigenvalue weighted by Crippen LogP contribution is -2.47. The van der Waals surface area contributed by atoms with Crippen LogP contribution in [-0.4, -0.2) is 128 Å². The first-order valence-electron chi connectivity index (χ1n) is 28.1. The van der Waals surface area contributed by atoms with Crippen molar-refractivity contribution in [2.24, 2.45) is 22.4 Å². The third-order valence-corrected chi connectivity index (χ3v) is 15.4. The van der Waals surface area contributed by atoms with Crippen LogP contribution in [0.5, 0.6) is 0 Å². The summed E-state index contributed by atoms with van der Waals surface area (Å²) in [6, 6.07) is 25.9. The maximum atomic E-state index is 13.5. The molecule has 442 valence electrons. The molecule has 4 heterocycles. The van der Waals surface area contributed by atoms with E-state index in [4.69, 9.17) is 20.9 Å². The molecule has 1 saturated heterocycles. The Morgan fingerprint density at radius 1 is 0.774 bits per heavy atom. The molecule has 9 amide bonds. The number of thiophene rings is 1. The fourth-order valence-electron chi connectivity index (χ4n) is 10.1. The summed E-state index contributed by atoms with van der Waals surface area (Å²) in [5.41, 5.74) is 18.3. The molecule has 5 aromatic rings. The van der Waals surface area contributed by atoms with Gasteiger partial charge in [0.1, 0.15) is 37.5 Å². The topological polar surface area (TPSA) is 323 Å². The maximum absolute atomic E-state index is 13.5. The van der Waals surface area contributed by atoms with Gasteiger partial charge in [0.15, 0.2) is 0 Å². The average molecular weight is 1170 g/mol. The number of anilines is 3. The molecule has 11 N–H and O–H groups in total. The summed E-state index contributed by atoms with van der Waals surface area (Å²) >= 11 is 1.24. The molecule has 84 heavy (non-hydrogen) atoms. The monoisotopic (exact) mass is 1170 g/mol. The minimum absolute atomic E-state index is 0.0616. The van der Waals surface area contributed by atoms with Crippen molar-refractivity contribution in [2.45, 2.75) is 77.4 Å². The quantitative estimate of drug-likeness (QED) is 0.0283. The highest BCUT2D eigenvalue weighted by molar-refractivity contribution is 7.15. The molecule has 3 aromatic carbocycles. The number of nitrogens with two attached hydrogens (primary N) is 2. The molecule has 23 nitrogen and oxygen atoms in total. The van der Waals surface area contributed by atoms with Gasteiger partial charge in [-0.25, -0.2) is 24.4 Å². The number of hydrogen-bond acceptors (Lipinski definition) is 15. The smallest absolute Gasteiger partial charge is 0.407 e. The minimum atomic E-state index is -1.05. The van der Waals surface area contributed by atoms with Crippen LogP contribution in [0.1, 0.15) is 96.0 Å². The zero-order chi connectivity index (χ0) is 59.5. The van der Waals surface area contributed by atoms with E-state index in [9.17, 15) is 38.4 Å². The molecule has 2 aromatic heterocycles. The Morgan fingerprint density at radius 2 is 1.44 bits per heavy atom. The van der Waals surface area contributed by atoms with Crippen LogP contribution in [-0.2, 0) is 35.3 Å². The van der Waals surface area contributed by atoms with E-state index in [2.05, 4.69) is 52.1 Å². The second-order valence-electron chi connectivity index (χ2n) is 20.4. The molecule has 24 heteroatoms. The van der Waals surface area contributed by atoms with Crippen LogP contribution >= 0.6 is 11.3 Å². The fraction of sp³-hybridized carbons (Fsp3) is 0.367. The number of urea groups is 1. The van der Waals surface area contributed by atoms with Crippen LogP contribution in [0.3, 0.4) is 0 Å². The second kappa shape index (κ2) is 29.6. The summed E-state index contributed by atoms with van der Waals surface area (Å²) in [6.07, 6.45) is 5.43. The Bertz CT molecular complexity index is 3200. The number of rotatable bonds is 25. The molecule has 3 aliphatic rings. The minimum Gasteiger partial charge on any atom is -0.449 e. The number of aliphatic imine (C=N–C) groups is 1. The molecule has 8 rings (SSSR count). The highest BCUT2D eigenvalue weighted by Gasteiger charge is 2.30. The summed E-state index contributed by atoms with van der Waals surface area (Å²) in [5, 5.41) is 18.7. The SMILES string of the molecule is CCCN(CCC)C(=O)C1=Cc2sc(C(=O)Nc3ccc(N4CCC(C(=O)NCCNC(=O)OCc5ccc(NC(=O)[C@H](CCCNC(N)=O)NC(=O)CNC(=O)OCC6c7ccccc7-c7ccccc76)cc5)CC4)nc3)cc2N=C(N)C1. The van der Waals surface area contributed by atoms with Crippen molar-refractivity contribution in [1.82, 2.24) is 36.5 Å². The fourth-order valence-corrected chi connectivity index (χ4v) is 11.1. The molecule has 1 fully saturated rings. The molecular weight excluding hydrogens is 1090 g/mol. The van der Waals surface area contributed by atoms with Gasteiger partial charge >= 0.3 is 18.2 Å². The van der Waals surface area contributed by atoms with Crippen molar-refractivity contribution in [2.75, 3.05) is 74.5 Å². The highest BCUT2D eigenvalue weighted by atomic mass is 32.1. The third kappa shape index (κ3) is 16.7. The zero-order valence-corrected chi connectivity index (χ0v) is 47.8. The van der Waals surface area contributed by atoms with Crippen LogP contribution in [0.15, 0.2) is 108 Å². The lowest BCUT2D eigenvalue weighted by atomic mass is 9.96. The Kier molecular flexibility index (Phi) is 21.4. The summed E-state index contributed by atoms with van der Waals surface area (Å²) in [4.78, 5) is 117. The molecule has 0 saturated carbocycles. The van der Waals surface area contributed by atoms with Gasteiger partial charge < -0.3 is 68.0 Å². The summed E-state index contributed by atoms with van der Waals surface area (Å²) in [5.74, 6) is -1.09. The number of amidine groups is 1. The molecule has 0 bridgehead atoms. The lowest BCUT2D eigenvalue weighted by molar-refractivity contribution is -0.127. The van der Waals surface area contributed by atoms with Crippen molar-refractivity contribution in [3.05, 3.63) is 129 Å². The van der Waals surface area contributed by atoms with Crippen molar-refractivity contribution in [3.8, 4) is 11.1 Å². The Morgan fingerprint density at radius 3 is 2.11 bits per heavy atom. The molecule has 0 radical (unpaired) electrons. The van der Waals surface area contributed by atoms with Gasteiger partial charge in [0.25, 0.3) is 5.91 Å². The van der Waals surface area contributed by atoms with E-state index in [0.717, 1.165) is 35.1 Å². The number of ether oxygens (including phenoxy) is 2. The number of pyridine rings is 1. The number of amides is 9. The van der Waals surface area contributed by atoms with Crippen LogP contribution in [0.2, 0.25) is 0 Å². The standard InChI is InChI=1S/C60H71N13O10S/c1-3-26-73(27-4-2)57(78)39-30-49-48(70-51(61)31-39)32-50(84-49)56(77)69-41-19-20-52(66-33-41)72-28-21-38(22-29-72)54(75)63-24-25-65-59(80)82-35-37-15-17-40(18-16-37)68-55(76)47(14-9-23-64-58(62)79)71-53(74)34-67-60(81)83-36-46-44-12-7-5-10-42(44)43-11-6-8-13-45(43)46/h5-8,10-13,15-20,30,32-33,38,46-47H,3-4,9,14,21-29,31,34-36H2,1-2H3,(H2,61,70)(H,63,75)(H,65,80)(H,67,81)(H,68,76)(H,69,77)(H,71,74)(H3,62,64,79)/t47-/m0/s1. The zero-order valence-electron chi connectivity index (χ0n) is 47.0. The Balaban J connectivity index is 0.707. The normalized spacial score (nSPS) is 13.9. The third-order valence-electron chi connectivity index (χ3n) is 14.3. The van der Waals surface area contributed by atoms with Crippen molar-refractivity contribution in [1.29, 1.82) is 0 Å². The predicted octanol–water partition coefficient (Wildman–Crippen LogP) is 6.49. The summed E-state index contributed by atoms with van der Waals surface area (Å²) < 4.78 is 10.9. The lowest BCUT2D eigenvalue weighted by Gasteiger charge is -2.32. The van der Waals surface area contributed by atoms with Gasteiger partial charge in [0, 0.05) is 75.3 Å². The Labute approximate surface area is 490 Å². The van der Waals surface area contributed by atoms with Crippen molar-refractivity contribution >= 4 is 93.9 Å². The Hall–Kier alpha value is -9.32. The van der Waals surface area contributed by atoms with E-state index in [1.165, 1.54) is 11.3 Å². The van der Waals surface area contributed by atoms with Crippen molar-refractivity contribution < 1.29 is 47.8 Å². The first kappa shape index (κ1) is 60.8. The van der Waals surface area contributed by atoms with Crippen LogP contribution < -0.4 is 53.6 Å². The number of nitrogens with one attached hydrogen (secondary N) is 7. The molecule has 1 atom stereocenters. The van der Waals surface area contributed by atoms with Gasteiger partial charge in [-0.05, 0) is 103 Å². The van der Waals surface area contributed by atoms with Gasteiger partial charge in [-0.1, -0.05) is 74.5 Å². The van der Waals surface area contributed by atoms with Crippen LogP contribution in [0, 0.1) is 5.92 Å². The number of aromatic nitrogens is 1. The maximum Gasteiger partial charge on any atom is 0.407 e. The van der Waals surface area contributed by atoms with Gasteiger partial charge in [0.2, 0.25) is 23.6 Å². The number of primary amides is 1. The van der Waals surface area contributed by atoms with E-state index in [-0.39, 0.29) is 75.2 Å². The van der Waals surface area contributed by atoms with E-state index < -0.39 is 42.6 Å². The first-order valence-corrected chi connectivity index (χ1v) is 29.0. The second-order valence-corrected chi connectivity index (χ2v) is 21.5. The molecule has 1 aliphatic carbocycles. The van der Waals surface area contributed by atoms with E-state index >= 15 is 0 Å². The number of alkyl carbamates (subject to hydrolysis) is 2. The summed E-state index contributed by atoms with van der Waals surface area (Å²) in [7, 11) is 0. The number of fused-ring (bicyclic) bond motifs is 4. The number of nitrogens with zero attached hydrogens (tertiary/aromatic N) is 4.